The fourth-order valence-corrected chi connectivity index (χ4v) is 4.48. The van der Waals surface area contributed by atoms with Gasteiger partial charge in [-0.1, -0.05) is 99.3 Å². The number of hydrogen-bond donors (Lipinski definition) is 0. The molecular formula is C18H18MgO4P2. The smallest absolute Gasteiger partial charge is 0.813 e. The van der Waals surface area contributed by atoms with Gasteiger partial charge in [0.25, 0.3) is 0 Å². The maximum atomic E-state index is 8.52. The van der Waals surface area contributed by atoms with Crippen LogP contribution >= 0.6 is 16.2 Å². The Bertz CT molecular complexity index is 630. The predicted octanol–water partition coefficient (Wildman–Crippen LogP) is 0.336. The Labute approximate surface area is 165 Å². The molecule has 0 aliphatic rings. The zero-order chi connectivity index (χ0) is 16.5. The topological polar surface area (TPSA) is 94.7 Å². The monoisotopic (exact) mass is 384 g/mol. The van der Waals surface area contributed by atoms with E-state index in [-0.39, 0.29) is 28.5 Å². The average molecular weight is 385 g/mol. The second kappa shape index (κ2) is 13.2. The number of hydrogen-bond acceptors (Lipinski definition) is 3. The Morgan fingerprint density at radius 3 is 1.00 bits per heavy atom. The van der Waals surface area contributed by atoms with Crippen LogP contribution in [0.4, 0.5) is 0 Å². The van der Waals surface area contributed by atoms with Crippen LogP contribution in [0.1, 0.15) is 0 Å². The molecule has 4 nitrogen and oxygen atoms in total. The van der Waals surface area contributed by atoms with E-state index in [4.69, 9.17) is 14.4 Å². The molecule has 0 bridgehead atoms. The summed E-state index contributed by atoms with van der Waals surface area (Å²) in [5.41, 5.74) is 0. The molecule has 0 atom stereocenters. The second-order valence-corrected chi connectivity index (χ2v) is 7.31. The molecule has 0 aromatic heterocycles. The largest absolute Gasteiger partial charge is 2.00 e. The molecule has 7 heteroatoms. The zero-order valence-corrected chi connectivity index (χ0v) is 16.8. The third-order valence-electron chi connectivity index (χ3n) is 3.04. The van der Waals surface area contributed by atoms with Crippen molar-refractivity contribution in [3.63, 3.8) is 0 Å². The maximum Gasteiger partial charge on any atom is 2.00 e. The van der Waals surface area contributed by atoms with Crippen molar-refractivity contribution in [2.24, 2.45) is 0 Å². The van der Waals surface area contributed by atoms with Gasteiger partial charge in [0.15, 0.2) is 0 Å². The molecule has 0 saturated carbocycles. The summed E-state index contributed by atoms with van der Waals surface area (Å²) in [6, 6.07) is 32.3. The van der Waals surface area contributed by atoms with Crippen molar-refractivity contribution in [1.29, 1.82) is 0 Å². The molecule has 3 aromatic carbocycles. The quantitative estimate of drug-likeness (QED) is 0.481. The van der Waals surface area contributed by atoms with Gasteiger partial charge in [0.2, 0.25) is 0 Å². The Hall–Kier alpha value is -1.03. The molecule has 0 spiro atoms. The summed E-state index contributed by atoms with van der Waals surface area (Å²) in [6.07, 6.45) is 0. The van der Waals surface area contributed by atoms with E-state index < -0.39 is 16.2 Å². The van der Waals surface area contributed by atoms with E-state index >= 15 is 0 Å². The summed E-state index contributed by atoms with van der Waals surface area (Å²) in [5, 5.41) is 4.19. The van der Waals surface area contributed by atoms with E-state index in [1.165, 1.54) is 15.9 Å². The second-order valence-electron chi connectivity index (χ2n) is 4.59. The van der Waals surface area contributed by atoms with Gasteiger partial charge < -0.3 is 19.8 Å². The fourth-order valence-electron chi connectivity index (χ4n) is 2.18. The summed E-state index contributed by atoms with van der Waals surface area (Å²) in [7, 11) is -4.08. The van der Waals surface area contributed by atoms with Crippen molar-refractivity contribution in [2.75, 3.05) is 0 Å². The molecule has 2 N–H and O–H groups in total. The molecule has 0 aliphatic heterocycles. The van der Waals surface area contributed by atoms with Crippen LogP contribution in [0.15, 0.2) is 91.0 Å². The Balaban J connectivity index is 0.000000874. The van der Waals surface area contributed by atoms with E-state index in [1.54, 1.807) is 0 Å². The molecular weight excluding hydrogens is 366 g/mol. The van der Waals surface area contributed by atoms with Crippen LogP contribution in [0.3, 0.4) is 0 Å². The van der Waals surface area contributed by atoms with E-state index in [0.717, 1.165) is 0 Å². The van der Waals surface area contributed by atoms with Crippen LogP contribution in [0.2, 0.25) is 0 Å². The Morgan fingerprint density at radius 2 is 0.800 bits per heavy atom. The van der Waals surface area contributed by atoms with Crippen molar-refractivity contribution in [3.8, 4) is 0 Å². The Morgan fingerprint density at radius 1 is 0.600 bits per heavy atom. The van der Waals surface area contributed by atoms with Crippen LogP contribution < -0.4 is 25.7 Å². The molecule has 0 saturated heterocycles. The van der Waals surface area contributed by atoms with E-state index in [0.29, 0.717) is 0 Å². The first-order valence-corrected chi connectivity index (χ1v) is 9.58. The van der Waals surface area contributed by atoms with Crippen molar-refractivity contribution in [1.82, 2.24) is 0 Å². The van der Waals surface area contributed by atoms with Crippen LogP contribution in [0.25, 0.3) is 0 Å². The molecule has 25 heavy (non-hydrogen) atoms. The minimum Gasteiger partial charge on any atom is -0.813 e. The molecule has 0 aliphatic carbocycles. The van der Waals surface area contributed by atoms with Crippen molar-refractivity contribution >= 4 is 55.1 Å². The molecule has 3 rings (SSSR count). The molecule has 0 heterocycles. The molecule has 0 fully saturated rings. The molecule has 0 radical (unpaired) electrons. The van der Waals surface area contributed by atoms with Gasteiger partial charge in [0, 0.05) is 0 Å². The van der Waals surface area contributed by atoms with Gasteiger partial charge in [-0.15, -0.1) is 0 Å². The van der Waals surface area contributed by atoms with Gasteiger partial charge in [0.1, 0.15) is 0 Å². The SMILES string of the molecule is O.O=[PH]([O-])[O-].[Mg+2].c1ccc(P(c2ccccc2)c2ccccc2)cc1. The molecule has 126 valence electrons. The Kier molecular flexibility index (Phi) is 12.7. The predicted molar refractivity (Wildman–Crippen MR) is 104 cm³/mol. The standard InChI is InChI=1S/C18H15P.Mg.H3O3P.H2O/c1-4-10-16(11-5-1)19(17-12-6-2-7-13-17)18-14-8-3-9-15-18;;1-4(2)3;/h1-15H;;4H,(H2,1,2,3);1H2/q;+2;;/p-2. The summed E-state index contributed by atoms with van der Waals surface area (Å²) < 4.78 is 8.52. The molecule has 0 amide bonds. The zero-order valence-electron chi connectivity index (χ0n) is 13.5. The molecule has 0 unspecified atom stereocenters. The van der Waals surface area contributed by atoms with Crippen LogP contribution in [0.5, 0.6) is 0 Å². The summed E-state index contributed by atoms with van der Waals surface area (Å²) in [5.74, 6) is 0. The van der Waals surface area contributed by atoms with Crippen molar-refractivity contribution < 1.29 is 19.8 Å². The molecule has 3 aromatic rings. The van der Waals surface area contributed by atoms with Crippen LogP contribution in [-0.4, -0.2) is 28.5 Å². The van der Waals surface area contributed by atoms with Gasteiger partial charge in [0.05, 0.1) is 0 Å². The fraction of sp³-hybridized carbons (Fsp3) is 0. The summed E-state index contributed by atoms with van der Waals surface area (Å²) in [6.45, 7) is 0. The number of rotatable bonds is 3. The van der Waals surface area contributed by atoms with Crippen LogP contribution in [-0.2, 0) is 4.57 Å². The van der Waals surface area contributed by atoms with E-state index in [1.807, 2.05) is 0 Å². The van der Waals surface area contributed by atoms with E-state index in [2.05, 4.69) is 91.0 Å². The number of benzene rings is 3. The van der Waals surface area contributed by atoms with Gasteiger partial charge in [-0.25, -0.2) is 0 Å². The third-order valence-corrected chi connectivity index (χ3v) is 5.49. The first-order chi connectivity index (χ1) is 11.2. The van der Waals surface area contributed by atoms with Gasteiger partial charge in [-0.05, 0) is 23.8 Å². The normalized spacial score (nSPS) is 9.44. The maximum absolute atomic E-state index is 8.52. The minimum absolute atomic E-state index is 0. The first-order valence-electron chi connectivity index (χ1n) is 7.02. The third kappa shape index (κ3) is 8.26. The van der Waals surface area contributed by atoms with Gasteiger partial charge >= 0.3 is 23.1 Å². The van der Waals surface area contributed by atoms with Crippen molar-refractivity contribution in [2.45, 2.75) is 0 Å². The summed E-state index contributed by atoms with van der Waals surface area (Å²) >= 11 is 0. The van der Waals surface area contributed by atoms with Crippen molar-refractivity contribution in [3.05, 3.63) is 91.0 Å². The minimum atomic E-state index is -3.63. The van der Waals surface area contributed by atoms with E-state index in [9.17, 15) is 0 Å². The summed E-state index contributed by atoms with van der Waals surface area (Å²) in [4.78, 5) is 17.0. The first kappa shape index (κ1) is 24.0. The van der Waals surface area contributed by atoms with Gasteiger partial charge in [-0.3, -0.25) is 0 Å². The van der Waals surface area contributed by atoms with Gasteiger partial charge in [-0.2, -0.15) is 0 Å². The average Bonchev–Trinajstić information content (AvgIpc) is 2.58. The van der Waals surface area contributed by atoms with Crippen LogP contribution in [0, 0.1) is 0 Å².